The van der Waals surface area contributed by atoms with E-state index in [0.29, 0.717) is 29.8 Å². The number of piperazine rings is 1. The Balaban J connectivity index is 2.80. The van der Waals surface area contributed by atoms with Gasteiger partial charge >= 0.3 is 0 Å². The van der Waals surface area contributed by atoms with Gasteiger partial charge in [0.2, 0.25) is 5.91 Å². The first-order valence-electron chi connectivity index (χ1n) is 8.15. The minimum Gasteiger partial charge on any atom is -0.336 e. The average molecular weight is 282 g/mol. The molecule has 1 heterocycles. The van der Waals surface area contributed by atoms with E-state index in [-0.39, 0.29) is 5.41 Å². The highest BCUT2D eigenvalue weighted by Crippen LogP contribution is 2.25. The number of nitrogens with one attached hydrogen (secondary N) is 1. The van der Waals surface area contributed by atoms with Gasteiger partial charge in [0.15, 0.2) is 0 Å². The fraction of sp³-hybridized carbons (Fsp3) is 0.941. The summed E-state index contributed by atoms with van der Waals surface area (Å²) in [5.74, 6) is 1.60. The van der Waals surface area contributed by atoms with E-state index in [1.165, 1.54) is 0 Å². The first kappa shape index (κ1) is 17.5. The minimum atomic E-state index is -0.283. The minimum absolute atomic E-state index is 0.283. The Labute approximate surface area is 125 Å². The van der Waals surface area contributed by atoms with Crippen molar-refractivity contribution in [2.45, 2.75) is 73.4 Å². The molecule has 118 valence electrons. The Kier molecular flexibility index (Phi) is 6.06. The number of hydrogen-bond donors (Lipinski definition) is 1. The van der Waals surface area contributed by atoms with E-state index in [0.717, 1.165) is 25.9 Å². The van der Waals surface area contributed by atoms with Gasteiger partial charge in [-0.15, -0.1) is 0 Å². The molecule has 0 saturated carbocycles. The van der Waals surface area contributed by atoms with Crippen LogP contribution in [-0.4, -0.2) is 36.0 Å². The smallest absolute Gasteiger partial charge is 0.228 e. The zero-order chi connectivity index (χ0) is 15.5. The van der Waals surface area contributed by atoms with Gasteiger partial charge in [0.1, 0.15) is 0 Å². The van der Waals surface area contributed by atoms with Crippen molar-refractivity contribution in [2.24, 2.45) is 17.3 Å². The second kappa shape index (κ2) is 6.93. The molecule has 20 heavy (non-hydrogen) atoms. The lowest BCUT2D eigenvalue weighted by atomic mass is 9.90. The molecule has 0 aromatic heterocycles. The van der Waals surface area contributed by atoms with E-state index >= 15 is 0 Å². The summed E-state index contributed by atoms with van der Waals surface area (Å²) in [5, 5.41) is 3.65. The van der Waals surface area contributed by atoms with E-state index in [2.05, 4.69) is 37.9 Å². The van der Waals surface area contributed by atoms with Crippen LogP contribution in [0.1, 0.15) is 61.3 Å². The first-order valence-corrected chi connectivity index (χ1v) is 8.15. The van der Waals surface area contributed by atoms with E-state index in [9.17, 15) is 4.79 Å². The maximum absolute atomic E-state index is 12.7. The Morgan fingerprint density at radius 2 is 1.70 bits per heavy atom. The predicted octanol–water partition coefficient (Wildman–Crippen LogP) is 3.29. The van der Waals surface area contributed by atoms with Gasteiger partial charge in [-0.2, -0.15) is 0 Å². The third-order valence-corrected chi connectivity index (χ3v) is 3.90. The van der Waals surface area contributed by atoms with Crippen molar-refractivity contribution in [3.8, 4) is 0 Å². The monoisotopic (exact) mass is 282 g/mol. The zero-order valence-corrected chi connectivity index (χ0v) is 14.5. The van der Waals surface area contributed by atoms with Crippen LogP contribution < -0.4 is 5.32 Å². The van der Waals surface area contributed by atoms with Crippen LogP contribution in [0.15, 0.2) is 0 Å². The van der Waals surface area contributed by atoms with Crippen LogP contribution in [0.5, 0.6) is 0 Å². The van der Waals surface area contributed by atoms with Crippen molar-refractivity contribution in [3.05, 3.63) is 0 Å². The van der Waals surface area contributed by atoms with Gasteiger partial charge in [-0.3, -0.25) is 4.79 Å². The number of hydrogen-bond acceptors (Lipinski definition) is 2. The van der Waals surface area contributed by atoms with Gasteiger partial charge in [-0.05, 0) is 24.7 Å². The SMILES string of the molecule is CC(C)CC1CN(C(=O)C(C)(C)C)C(CC(C)C)CN1. The molecule has 1 aliphatic heterocycles. The molecule has 0 aromatic carbocycles. The molecule has 2 atom stereocenters. The quantitative estimate of drug-likeness (QED) is 0.858. The molecule has 1 N–H and O–H groups in total. The van der Waals surface area contributed by atoms with Crippen molar-refractivity contribution >= 4 is 5.91 Å². The Morgan fingerprint density at radius 1 is 1.15 bits per heavy atom. The Hall–Kier alpha value is -0.570. The zero-order valence-electron chi connectivity index (χ0n) is 14.5. The van der Waals surface area contributed by atoms with Crippen LogP contribution in [0.4, 0.5) is 0 Å². The Morgan fingerprint density at radius 3 is 2.15 bits per heavy atom. The van der Waals surface area contributed by atoms with Crippen LogP contribution in [0.25, 0.3) is 0 Å². The van der Waals surface area contributed by atoms with Crippen LogP contribution in [0, 0.1) is 17.3 Å². The topological polar surface area (TPSA) is 32.3 Å². The van der Waals surface area contributed by atoms with Gasteiger partial charge in [-0.25, -0.2) is 0 Å². The summed E-state index contributed by atoms with van der Waals surface area (Å²) in [6.07, 6.45) is 2.23. The van der Waals surface area contributed by atoms with Crippen LogP contribution >= 0.6 is 0 Å². The molecule has 1 rings (SSSR count). The molecule has 1 saturated heterocycles. The number of amides is 1. The second-order valence-electron chi connectivity index (χ2n) is 8.23. The van der Waals surface area contributed by atoms with Gasteiger partial charge in [0.05, 0.1) is 0 Å². The highest BCUT2D eigenvalue weighted by atomic mass is 16.2. The van der Waals surface area contributed by atoms with E-state index < -0.39 is 0 Å². The summed E-state index contributed by atoms with van der Waals surface area (Å²) in [6.45, 7) is 16.9. The van der Waals surface area contributed by atoms with Crippen molar-refractivity contribution in [2.75, 3.05) is 13.1 Å². The van der Waals surface area contributed by atoms with Gasteiger partial charge < -0.3 is 10.2 Å². The summed E-state index contributed by atoms with van der Waals surface area (Å²) < 4.78 is 0. The number of nitrogens with zero attached hydrogens (tertiary/aromatic N) is 1. The molecular formula is C17H34N2O. The molecule has 1 aliphatic rings. The summed E-state index contributed by atoms with van der Waals surface area (Å²) >= 11 is 0. The molecular weight excluding hydrogens is 248 g/mol. The van der Waals surface area contributed by atoms with Gasteiger partial charge in [-0.1, -0.05) is 48.5 Å². The lowest BCUT2D eigenvalue weighted by Gasteiger charge is -2.44. The summed E-state index contributed by atoms with van der Waals surface area (Å²) in [4.78, 5) is 14.9. The molecule has 0 radical (unpaired) electrons. The molecule has 1 fully saturated rings. The molecule has 3 heteroatoms. The first-order chi connectivity index (χ1) is 9.11. The van der Waals surface area contributed by atoms with Crippen molar-refractivity contribution in [1.29, 1.82) is 0 Å². The molecule has 3 nitrogen and oxygen atoms in total. The predicted molar refractivity (Wildman–Crippen MR) is 85.7 cm³/mol. The molecule has 0 spiro atoms. The number of carbonyl (C=O) groups is 1. The molecule has 1 amide bonds. The fourth-order valence-corrected chi connectivity index (χ4v) is 3.03. The van der Waals surface area contributed by atoms with Gasteiger partial charge in [0, 0.05) is 30.6 Å². The maximum atomic E-state index is 12.7. The highest BCUT2D eigenvalue weighted by molar-refractivity contribution is 5.82. The third kappa shape index (κ3) is 5.08. The van der Waals surface area contributed by atoms with Crippen LogP contribution in [-0.2, 0) is 4.79 Å². The van der Waals surface area contributed by atoms with Gasteiger partial charge in [0.25, 0.3) is 0 Å². The largest absolute Gasteiger partial charge is 0.336 e. The number of carbonyl (C=O) groups excluding carboxylic acids is 1. The molecule has 0 aromatic rings. The average Bonchev–Trinajstić information content (AvgIpc) is 2.27. The lowest BCUT2D eigenvalue weighted by molar-refractivity contribution is -0.144. The van der Waals surface area contributed by atoms with E-state index in [1.807, 2.05) is 20.8 Å². The van der Waals surface area contributed by atoms with Crippen LogP contribution in [0.3, 0.4) is 0 Å². The fourth-order valence-electron chi connectivity index (χ4n) is 3.03. The van der Waals surface area contributed by atoms with Crippen molar-refractivity contribution in [1.82, 2.24) is 10.2 Å². The lowest BCUT2D eigenvalue weighted by Crippen LogP contribution is -2.60. The molecule has 0 bridgehead atoms. The highest BCUT2D eigenvalue weighted by Gasteiger charge is 2.36. The molecule has 0 aliphatic carbocycles. The Bertz CT molecular complexity index is 317. The second-order valence-corrected chi connectivity index (χ2v) is 8.23. The normalized spacial score (nSPS) is 24.6. The molecule has 2 unspecified atom stereocenters. The van der Waals surface area contributed by atoms with E-state index in [4.69, 9.17) is 0 Å². The maximum Gasteiger partial charge on any atom is 0.228 e. The van der Waals surface area contributed by atoms with Crippen molar-refractivity contribution < 1.29 is 4.79 Å². The van der Waals surface area contributed by atoms with Crippen LogP contribution in [0.2, 0.25) is 0 Å². The summed E-state index contributed by atoms with van der Waals surface area (Å²) in [7, 11) is 0. The van der Waals surface area contributed by atoms with Crippen molar-refractivity contribution in [3.63, 3.8) is 0 Å². The third-order valence-electron chi connectivity index (χ3n) is 3.90. The standard InChI is InChI=1S/C17H34N2O/c1-12(2)8-14-11-19(16(20)17(5,6)7)15(10-18-14)9-13(3)4/h12-15,18H,8-11H2,1-7H3. The summed E-state index contributed by atoms with van der Waals surface area (Å²) in [6, 6.07) is 0.801. The van der Waals surface area contributed by atoms with E-state index in [1.54, 1.807) is 0 Å². The number of rotatable bonds is 4. The summed E-state index contributed by atoms with van der Waals surface area (Å²) in [5.41, 5.74) is -0.283.